The van der Waals surface area contributed by atoms with Crippen LogP contribution < -0.4 is 0 Å². The highest BCUT2D eigenvalue weighted by molar-refractivity contribution is 5.37. The molecule has 3 heteroatoms. The average molecular weight is 311 g/mol. The molecule has 0 bridgehead atoms. The predicted octanol–water partition coefficient (Wildman–Crippen LogP) is 2.63. The van der Waals surface area contributed by atoms with Crippen LogP contribution in [-0.4, -0.2) is 41.4 Å². The number of piperidine rings is 1. The lowest BCUT2D eigenvalue weighted by Crippen LogP contribution is -2.44. The van der Waals surface area contributed by atoms with Gasteiger partial charge in [-0.05, 0) is 43.0 Å². The first kappa shape index (κ1) is 16.2. The molecule has 1 aliphatic rings. The van der Waals surface area contributed by atoms with Crippen LogP contribution in [0.15, 0.2) is 60.7 Å². The second kappa shape index (κ2) is 7.26. The summed E-state index contributed by atoms with van der Waals surface area (Å²) in [4.78, 5) is 2.27. The van der Waals surface area contributed by atoms with E-state index < -0.39 is 5.60 Å². The van der Waals surface area contributed by atoms with Crippen molar-refractivity contribution in [2.75, 3.05) is 26.2 Å². The van der Waals surface area contributed by atoms with Gasteiger partial charge in [0.1, 0.15) is 5.60 Å². The van der Waals surface area contributed by atoms with Crippen LogP contribution in [-0.2, 0) is 5.60 Å². The van der Waals surface area contributed by atoms with Crippen LogP contribution in [0.3, 0.4) is 0 Å². The smallest absolute Gasteiger partial charge is 0.117 e. The Morgan fingerprint density at radius 2 is 1.35 bits per heavy atom. The maximum absolute atomic E-state index is 11.7. The van der Waals surface area contributed by atoms with Gasteiger partial charge in [-0.25, -0.2) is 0 Å². The zero-order valence-corrected chi connectivity index (χ0v) is 13.4. The van der Waals surface area contributed by atoms with Crippen LogP contribution >= 0.6 is 0 Å². The number of likely N-dealkylation sites (tertiary alicyclic amines) is 1. The lowest BCUT2D eigenvalue weighted by Gasteiger charge is -2.42. The van der Waals surface area contributed by atoms with Crippen molar-refractivity contribution in [1.29, 1.82) is 0 Å². The van der Waals surface area contributed by atoms with Gasteiger partial charge in [-0.2, -0.15) is 0 Å². The molecule has 0 radical (unpaired) electrons. The third-order valence-electron chi connectivity index (χ3n) is 5.02. The third kappa shape index (κ3) is 3.32. The van der Waals surface area contributed by atoms with Crippen LogP contribution in [0.1, 0.15) is 24.0 Å². The first-order valence-electron chi connectivity index (χ1n) is 8.42. The summed E-state index contributed by atoms with van der Waals surface area (Å²) >= 11 is 0. The van der Waals surface area contributed by atoms with Gasteiger partial charge < -0.3 is 15.1 Å². The summed E-state index contributed by atoms with van der Waals surface area (Å²) in [6.07, 6.45) is 1.86. The minimum absolute atomic E-state index is 0.183. The predicted molar refractivity (Wildman–Crippen MR) is 92.1 cm³/mol. The van der Waals surface area contributed by atoms with Gasteiger partial charge in [-0.1, -0.05) is 60.7 Å². The standard InChI is InChI=1S/C20H25NO2/c22-16-15-21-13-11-19(12-14-21)20(23,17-7-3-1-4-8-17)18-9-5-2-6-10-18/h1-10,19,22-23H,11-16H2. The van der Waals surface area contributed by atoms with Gasteiger partial charge in [-0.15, -0.1) is 0 Å². The summed E-state index contributed by atoms with van der Waals surface area (Å²) in [5.74, 6) is 0.183. The Hall–Kier alpha value is -1.68. The Bertz CT molecular complexity index is 552. The van der Waals surface area contributed by atoms with Crippen molar-refractivity contribution >= 4 is 0 Å². The van der Waals surface area contributed by atoms with Crippen molar-refractivity contribution in [1.82, 2.24) is 4.90 Å². The summed E-state index contributed by atoms with van der Waals surface area (Å²) in [5.41, 5.74) is 0.979. The highest BCUT2D eigenvalue weighted by Crippen LogP contribution is 2.41. The number of hydrogen-bond acceptors (Lipinski definition) is 3. The normalized spacial score (nSPS) is 17.3. The average Bonchev–Trinajstić information content (AvgIpc) is 2.63. The molecule has 0 aliphatic carbocycles. The van der Waals surface area contributed by atoms with Gasteiger partial charge in [0.25, 0.3) is 0 Å². The summed E-state index contributed by atoms with van der Waals surface area (Å²) in [7, 11) is 0. The SMILES string of the molecule is OCCN1CCC(C(O)(c2ccccc2)c2ccccc2)CC1. The number of hydrogen-bond donors (Lipinski definition) is 2. The van der Waals surface area contributed by atoms with Crippen LogP contribution in [0.5, 0.6) is 0 Å². The fourth-order valence-corrected chi connectivity index (χ4v) is 3.74. The van der Waals surface area contributed by atoms with Crippen molar-refractivity contribution in [2.24, 2.45) is 5.92 Å². The Balaban J connectivity index is 1.91. The van der Waals surface area contributed by atoms with Gasteiger partial charge >= 0.3 is 0 Å². The third-order valence-corrected chi connectivity index (χ3v) is 5.02. The molecule has 0 spiro atoms. The van der Waals surface area contributed by atoms with Gasteiger partial charge in [0.05, 0.1) is 6.61 Å². The zero-order chi connectivity index (χ0) is 16.1. The molecule has 3 rings (SSSR count). The number of aliphatic hydroxyl groups excluding tert-OH is 1. The fraction of sp³-hybridized carbons (Fsp3) is 0.400. The maximum atomic E-state index is 11.7. The number of benzene rings is 2. The van der Waals surface area contributed by atoms with E-state index in [1.807, 2.05) is 60.7 Å². The summed E-state index contributed by atoms with van der Waals surface area (Å²) in [6, 6.07) is 20.0. The summed E-state index contributed by atoms with van der Waals surface area (Å²) in [6.45, 7) is 2.77. The van der Waals surface area contributed by atoms with Crippen LogP contribution in [0, 0.1) is 5.92 Å². The molecule has 1 fully saturated rings. The molecule has 2 aromatic carbocycles. The van der Waals surface area contributed by atoms with Crippen LogP contribution in [0.25, 0.3) is 0 Å². The van der Waals surface area contributed by atoms with Gasteiger partial charge in [0, 0.05) is 6.54 Å². The van der Waals surface area contributed by atoms with E-state index in [2.05, 4.69) is 4.90 Å². The highest BCUT2D eigenvalue weighted by Gasteiger charge is 2.41. The molecule has 1 aliphatic heterocycles. The van der Waals surface area contributed by atoms with E-state index in [4.69, 9.17) is 5.11 Å². The first-order valence-corrected chi connectivity index (χ1v) is 8.42. The van der Waals surface area contributed by atoms with Crippen molar-refractivity contribution in [3.05, 3.63) is 71.8 Å². The number of nitrogens with zero attached hydrogens (tertiary/aromatic N) is 1. The van der Waals surface area contributed by atoms with Gasteiger partial charge in [-0.3, -0.25) is 0 Å². The van der Waals surface area contributed by atoms with Crippen molar-refractivity contribution < 1.29 is 10.2 Å². The number of rotatable bonds is 5. The van der Waals surface area contributed by atoms with E-state index in [9.17, 15) is 5.11 Å². The largest absolute Gasteiger partial charge is 0.395 e. The van der Waals surface area contributed by atoms with E-state index in [1.165, 1.54) is 0 Å². The van der Waals surface area contributed by atoms with E-state index in [1.54, 1.807) is 0 Å². The minimum Gasteiger partial charge on any atom is -0.395 e. The first-order chi connectivity index (χ1) is 11.2. The van der Waals surface area contributed by atoms with E-state index in [0.29, 0.717) is 0 Å². The highest BCUT2D eigenvalue weighted by atomic mass is 16.3. The minimum atomic E-state index is -0.951. The molecule has 3 nitrogen and oxygen atoms in total. The second-order valence-electron chi connectivity index (χ2n) is 6.34. The second-order valence-corrected chi connectivity index (χ2v) is 6.34. The summed E-state index contributed by atoms with van der Waals surface area (Å²) < 4.78 is 0. The lowest BCUT2D eigenvalue weighted by molar-refractivity contribution is -0.0157. The molecule has 23 heavy (non-hydrogen) atoms. The molecule has 0 aromatic heterocycles. The Morgan fingerprint density at radius 1 is 0.870 bits per heavy atom. The molecule has 0 saturated carbocycles. The van der Waals surface area contributed by atoms with E-state index in [0.717, 1.165) is 43.6 Å². The zero-order valence-electron chi connectivity index (χ0n) is 13.4. The molecule has 2 aromatic rings. The topological polar surface area (TPSA) is 43.7 Å². The number of β-amino-alcohol motifs (C(OH)–C–C–N with tert-alkyl or cyclic N) is 1. The molecule has 2 N–H and O–H groups in total. The molecule has 0 atom stereocenters. The monoisotopic (exact) mass is 311 g/mol. The molecule has 122 valence electrons. The Labute approximate surface area is 138 Å². The Morgan fingerprint density at radius 3 is 1.78 bits per heavy atom. The molecular formula is C20H25NO2. The van der Waals surface area contributed by atoms with E-state index >= 15 is 0 Å². The molecule has 0 amide bonds. The molecule has 1 heterocycles. The molecule has 0 unspecified atom stereocenters. The van der Waals surface area contributed by atoms with Crippen LogP contribution in [0.4, 0.5) is 0 Å². The van der Waals surface area contributed by atoms with Crippen molar-refractivity contribution in [3.8, 4) is 0 Å². The Kier molecular flexibility index (Phi) is 5.11. The maximum Gasteiger partial charge on any atom is 0.117 e. The quantitative estimate of drug-likeness (QED) is 0.892. The number of aliphatic hydroxyl groups is 2. The lowest BCUT2D eigenvalue weighted by atomic mass is 9.72. The van der Waals surface area contributed by atoms with E-state index in [-0.39, 0.29) is 12.5 Å². The van der Waals surface area contributed by atoms with Gasteiger partial charge in [0.2, 0.25) is 0 Å². The van der Waals surface area contributed by atoms with Crippen molar-refractivity contribution in [2.45, 2.75) is 18.4 Å². The summed E-state index contributed by atoms with van der Waals surface area (Å²) in [5, 5.41) is 20.8. The van der Waals surface area contributed by atoms with Crippen LogP contribution in [0.2, 0.25) is 0 Å². The molecular weight excluding hydrogens is 286 g/mol. The van der Waals surface area contributed by atoms with Crippen molar-refractivity contribution in [3.63, 3.8) is 0 Å². The fourth-order valence-electron chi connectivity index (χ4n) is 3.74. The van der Waals surface area contributed by atoms with Gasteiger partial charge in [0.15, 0.2) is 0 Å². The molecule has 1 saturated heterocycles.